The maximum atomic E-state index is 13.4. The number of nitrogens with zero attached hydrogens (tertiary/aromatic N) is 3. The SMILES string of the molecule is Nc1cc2ccccc2nc1[C@H]1CCCN(C(=O)CCc2nc3ccc(F)cc3[nH]2)C1. The van der Waals surface area contributed by atoms with Gasteiger partial charge in [-0.05, 0) is 43.2 Å². The Morgan fingerprint density at radius 1 is 1.16 bits per heavy atom. The van der Waals surface area contributed by atoms with E-state index in [0.717, 1.165) is 36.0 Å². The lowest BCUT2D eigenvalue weighted by Gasteiger charge is -2.33. The molecule has 0 bridgehead atoms. The van der Waals surface area contributed by atoms with Gasteiger partial charge in [-0.15, -0.1) is 0 Å². The topological polar surface area (TPSA) is 87.9 Å². The number of likely N-dealkylation sites (tertiary alicyclic amines) is 1. The molecule has 31 heavy (non-hydrogen) atoms. The number of rotatable bonds is 4. The van der Waals surface area contributed by atoms with Crippen LogP contribution in [0.2, 0.25) is 0 Å². The number of piperidine rings is 1. The smallest absolute Gasteiger partial charge is 0.223 e. The monoisotopic (exact) mass is 417 g/mol. The van der Waals surface area contributed by atoms with Crippen LogP contribution in [0.5, 0.6) is 0 Å². The number of hydrogen-bond donors (Lipinski definition) is 2. The summed E-state index contributed by atoms with van der Waals surface area (Å²) in [6.07, 6.45) is 2.74. The van der Waals surface area contributed by atoms with E-state index >= 15 is 0 Å². The first-order valence-corrected chi connectivity index (χ1v) is 10.6. The number of amides is 1. The van der Waals surface area contributed by atoms with Crippen LogP contribution < -0.4 is 5.73 Å². The second-order valence-corrected chi connectivity index (χ2v) is 8.18. The lowest BCUT2D eigenvalue weighted by Crippen LogP contribution is -2.39. The number of imidazole rings is 1. The van der Waals surface area contributed by atoms with Gasteiger partial charge >= 0.3 is 0 Å². The Bertz CT molecular complexity index is 1270. The average Bonchev–Trinajstić information content (AvgIpc) is 3.19. The van der Waals surface area contributed by atoms with Crippen molar-refractivity contribution in [1.82, 2.24) is 19.9 Å². The van der Waals surface area contributed by atoms with Gasteiger partial charge in [0.15, 0.2) is 0 Å². The summed E-state index contributed by atoms with van der Waals surface area (Å²) < 4.78 is 13.4. The predicted molar refractivity (Wildman–Crippen MR) is 119 cm³/mol. The molecule has 4 aromatic rings. The molecule has 1 amide bonds. The van der Waals surface area contributed by atoms with Crippen LogP contribution in [0.3, 0.4) is 0 Å². The average molecular weight is 417 g/mol. The van der Waals surface area contributed by atoms with E-state index in [0.29, 0.717) is 41.9 Å². The lowest BCUT2D eigenvalue weighted by molar-refractivity contribution is -0.132. The molecule has 1 fully saturated rings. The van der Waals surface area contributed by atoms with Crippen molar-refractivity contribution in [3.05, 3.63) is 65.9 Å². The van der Waals surface area contributed by atoms with Gasteiger partial charge in [-0.3, -0.25) is 9.78 Å². The zero-order valence-electron chi connectivity index (χ0n) is 17.1. The standard InChI is InChI=1S/C24H24FN5O/c25-17-7-8-20-21(13-17)28-22(27-20)9-10-23(31)30-11-3-5-16(14-30)24-18(26)12-15-4-1-2-6-19(15)29-24/h1-2,4,6-8,12-13,16H,3,5,9-11,14,26H2,(H,27,28)/t16-/m0/s1. The first-order valence-electron chi connectivity index (χ1n) is 10.6. The number of halogens is 1. The van der Waals surface area contributed by atoms with Gasteiger partial charge < -0.3 is 15.6 Å². The molecule has 1 saturated heterocycles. The Kier molecular flexibility index (Phi) is 5.02. The number of pyridine rings is 1. The number of hydrogen-bond acceptors (Lipinski definition) is 4. The zero-order chi connectivity index (χ0) is 21.4. The number of carbonyl (C=O) groups excluding carboxylic acids is 1. The second-order valence-electron chi connectivity index (χ2n) is 8.18. The van der Waals surface area contributed by atoms with Crippen molar-refractivity contribution < 1.29 is 9.18 Å². The maximum absolute atomic E-state index is 13.4. The van der Waals surface area contributed by atoms with E-state index in [2.05, 4.69) is 9.97 Å². The molecule has 1 atom stereocenters. The maximum Gasteiger partial charge on any atom is 0.223 e. The third-order valence-corrected chi connectivity index (χ3v) is 6.01. The fraction of sp³-hybridized carbons (Fsp3) is 0.292. The van der Waals surface area contributed by atoms with E-state index in [1.165, 1.54) is 12.1 Å². The van der Waals surface area contributed by atoms with Crippen LogP contribution in [0.15, 0.2) is 48.5 Å². The number of nitrogens with two attached hydrogens (primary N) is 1. The normalized spacial score (nSPS) is 16.8. The summed E-state index contributed by atoms with van der Waals surface area (Å²) in [4.78, 5) is 27.2. The third kappa shape index (κ3) is 3.95. The number of aromatic nitrogens is 3. The number of fused-ring (bicyclic) bond motifs is 2. The van der Waals surface area contributed by atoms with Crippen molar-refractivity contribution in [2.75, 3.05) is 18.8 Å². The van der Waals surface area contributed by atoms with Crippen LogP contribution in [-0.2, 0) is 11.2 Å². The molecule has 0 radical (unpaired) electrons. The van der Waals surface area contributed by atoms with E-state index in [9.17, 15) is 9.18 Å². The lowest BCUT2D eigenvalue weighted by atomic mass is 9.92. The highest BCUT2D eigenvalue weighted by atomic mass is 19.1. The molecule has 0 aliphatic carbocycles. The number of H-pyrrole nitrogens is 1. The Morgan fingerprint density at radius 2 is 2.03 bits per heavy atom. The van der Waals surface area contributed by atoms with Crippen LogP contribution in [0.25, 0.3) is 21.9 Å². The van der Waals surface area contributed by atoms with Crippen molar-refractivity contribution in [3.63, 3.8) is 0 Å². The number of nitrogen functional groups attached to an aromatic ring is 1. The summed E-state index contributed by atoms with van der Waals surface area (Å²) in [6, 6.07) is 14.4. The number of carbonyl (C=O) groups is 1. The first-order chi connectivity index (χ1) is 15.1. The van der Waals surface area contributed by atoms with Crippen molar-refractivity contribution >= 4 is 33.5 Å². The molecule has 7 heteroatoms. The van der Waals surface area contributed by atoms with Gasteiger partial charge in [0.2, 0.25) is 5.91 Å². The molecule has 0 spiro atoms. The number of aryl methyl sites for hydroxylation is 1. The van der Waals surface area contributed by atoms with E-state index < -0.39 is 0 Å². The van der Waals surface area contributed by atoms with Crippen LogP contribution >= 0.6 is 0 Å². The Morgan fingerprint density at radius 3 is 2.94 bits per heavy atom. The number of nitrogens with one attached hydrogen (secondary N) is 1. The molecule has 5 rings (SSSR count). The van der Waals surface area contributed by atoms with Crippen molar-refractivity contribution in [2.24, 2.45) is 0 Å². The minimum absolute atomic E-state index is 0.0932. The van der Waals surface area contributed by atoms with Crippen LogP contribution in [0.1, 0.15) is 36.7 Å². The number of aromatic amines is 1. The van der Waals surface area contributed by atoms with E-state index in [-0.39, 0.29) is 17.6 Å². The molecule has 158 valence electrons. The Hall–Kier alpha value is -3.48. The molecule has 2 aromatic heterocycles. The summed E-state index contributed by atoms with van der Waals surface area (Å²) in [5, 5.41) is 1.03. The quantitative estimate of drug-likeness (QED) is 0.522. The summed E-state index contributed by atoms with van der Waals surface area (Å²) >= 11 is 0. The highest BCUT2D eigenvalue weighted by Crippen LogP contribution is 2.31. The minimum Gasteiger partial charge on any atom is -0.397 e. The van der Waals surface area contributed by atoms with Gasteiger partial charge in [-0.25, -0.2) is 9.37 Å². The van der Waals surface area contributed by atoms with Crippen molar-refractivity contribution in [1.29, 1.82) is 0 Å². The van der Waals surface area contributed by atoms with Gasteiger partial charge in [0.1, 0.15) is 11.6 Å². The fourth-order valence-electron chi connectivity index (χ4n) is 4.44. The summed E-state index contributed by atoms with van der Waals surface area (Å²) in [5.74, 6) is 0.620. The van der Waals surface area contributed by atoms with Crippen LogP contribution in [0, 0.1) is 5.82 Å². The first kappa shape index (κ1) is 19.5. The van der Waals surface area contributed by atoms with E-state index in [4.69, 9.17) is 10.7 Å². The molecule has 2 aromatic carbocycles. The van der Waals surface area contributed by atoms with E-state index in [1.54, 1.807) is 6.07 Å². The molecule has 6 nitrogen and oxygen atoms in total. The molecular weight excluding hydrogens is 393 g/mol. The van der Waals surface area contributed by atoms with Crippen molar-refractivity contribution in [3.8, 4) is 0 Å². The number of para-hydroxylation sites is 1. The van der Waals surface area contributed by atoms with Gasteiger partial charge in [0, 0.05) is 37.2 Å². The summed E-state index contributed by atoms with van der Waals surface area (Å²) in [6.45, 7) is 1.37. The minimum atomic E-state index is -0.306. The highest BCUT2D eigenvalue weighted by molar-refractivity contribution is 5.82. The number of anilines is 1. The molecule has 1 aliphatic heterocycles. The highest BCUT2D eigenvalue weighted by Gasteiger charge is 2.27. The van der Waals surface area contributed by atoms with Gasteiger partial charge in [-0.2, -0.15) is 0 Å². The predicted octanol–water partition coefficient (Wildman–Crippen LogP) is 4.17. The van der Waals surface area contributed by atoms with Crippen molar-refractivity contribution in [2.45, 2.75) is 31.6 Å². The second kappa shape index (κ2) is 7.98. The Labute approximate surface area is 179 Å². The zero-order valence-corrected chi connectivity index (χ0v) is 17.1. The summed E-state index contributed by atoms with van der Waals surface area (Å²) in [5.41, 5.74) is 10.2. The van der Waals surface area contributed by atoms with E-state index in [1.807, 2.05) is 35.2 Å². The molecule has 0 saturated carbocycles. The van der Waals surface area contributed by atoms with Crippen LogP contribution in [-0.4, -0.2) is 38.8 Å². The van der Waals surface area contributed by atoms with Gasteiger partial charge in [0.25, 0.3) is 0 Å². The molecule has 3 heterocycles. The van der Waals surface area contributed by atoms with Gasteiger partial charge in [-0.1, -0.05) is 18.2 Å². The third-order valence-electron chi connectivity index (χ3n) is 6.01. The Balaban J connectivity index is 1.27. The fourth-order valence-corrected chi connectivity index (χ4v) is 4.44. The molecule has 3 N–H and O–H groups in total. The summed E-state index contributed by atoms with van der Waals surface area (Å²) in [7, 11) is 0. The molecular formula is C24H24FN5O. The van der Waals surface area contributed by atoms with Gasteiger partial charge in [0.05, 0.1) is 27.9 Å². The van der Waals surface area contributed by atoms with Crippen LogP contribution in [0.4, 0.5) is 10.1 Å². The molecule has 1 aliphatic rings. The largest absolute Gasteiger partial charge is 0.397 e. The number of benzene rings is 2. The molecule has 0 unspecified atom stereocenters.